The number of hydrogen-bond donors (Lipinski definition) is 1. The summed E-state index contributed by atoms with van der Waals surface area (Å²) in [5.41, 5.74) is 0.707. The molecule has 128 valence electrons. The van der Waals surface area contributed by atoms with Crippen LogP contribution < -0.4 is 10.1 Å². The normalized spacial score (nSPS) is 10.3. The molecule has 2 heterocycles. The number of thiophene rings is 1. The highest BCUT2D eigenvalue weighted by molar-refractivity contribution is 7.20. The van der Waals surface area contributed by atoms with Crippen molar-refractivity contribution in [2.75, 3.05) is 19.0 Å². The highest BCUT2D eigenvalue weighted by Gasteiger charge is 2.16. The van der Waals surface area contributed by atoms with Crippen LogP contribution in [-0.4, -0.2) is 30.6 Å². The van der Waals surface area contributed by atoms with Crippen LogP contribution in [0.1, 0.15) is 10.5 Å². The van der Waals surface area contributed by atoms with E-state index < -0.39 is 18.5 Å². The minimum Gasteiger partial charge on any atom is -0.495 e. The molecule has 0 saturated carbocycles. The predicted molar refractivity (Wildman–Crippen MR) is 97.3 cm³/mol. The van der Waals surface area contributed by atoms with Crippen molar-refractivity contribution in [2.45, 2.75) is 0 Å². The lowest BCUT2D eigenvalue weighted by Gasteiger charge is -2.09. The third-order valence-electron chi connectivity index (χ3n) is 3.16. The molecule has 8 heteroatoms. The molecule has 0 radical (unpaired) electrons. The summed E-state index contributed by atoms with van der Waals surface area (Å²) in [6.07, 6.45) is 0. The summed E-state index contributed by atoms with van der Waals surface area (Å²) in [5, 5.41) is 6.95. The molecule has 0 bridgehead atoms. The van der Waals surface area contributed by atoms with Gasteiger partial charge in [0.05, 0.1) is 17.7 Å². The second-order valence-corrected chi connectivity index (χ2v) is 6.65. The molecule has 3 rings (SSSR count). The quantitative estimate of drug-likeness (QED) is 0.666. The Morgan fingerprint density at radius 1 is 1.16 bits per heavy atom. The number of methoxy groups -OCH3 is 1. The number of nitrogens with zero attached hydrogens (tertiary/aromatic N) is 1. The van der Waals surface area contributed by atoms with Crippen LogP contribution in [0.25, 0.3) is 9.88 Å². The predicted octanol–water partition coefficient (Wildman–Crippen LogP) is 3.68. The maximum Gasteiger partial charge on any atom is 0.358 e. The largest absolute Gasteiger partial charge is 0.495 e. The number of thiazole rings is 1. The van der Waals surface area contributed by atoms with E-state index in [-0.39, 0.29) is 5.69 Å². The van der Waals surface area contributed by atoms with Crippen molar-refractivity contribution >= 4 is 40.2 Å². The van der Waals surface area contributed by atoms with E-state index in [1.54, 1.807) is 41.0 Å². The molecule has 1 N–H and O–H groups in total. The SMILES string of the molecule is COc1ccccc1NC(=O)COC(=O)c1csc(-c2cccs2)n1. The third kappa shape index (κ3) is 4.23. The summed E-state index contributed by atoms with van der Waals surface area (Å²) < 4.78 is 10.2. The van der Waals surface area contributed by atoms with Gasteiger partial charge in [-0.15, -0.1) is 22.7 Å². The first-order chi connectivity index (χ1) is 12.2. The number of aromatic nitrogens is 1. The first-order valence-electron chi connectivity index (χ1n) is 7.27. The van der Waals surface area contributed by atoms with Gasteiger partial charge in [0.25, 0.3) is 5.91 Å². The van der Waals surface area contributed by atoms with Crippen LogP contribution in [0.15, 0.2) is 47.2 Å². The molecular formula is C17H14N2O4S2. The Hall–Kier alpha value is -2.71. The van der Waals surface area contributed by atoms with Crippen molar-refractivity contribution in [2.24, 2.45) is 0 Å². The lowest BCUT2D eigenvalue weighted by atomic mass is 10.3. The highest BCUT2D eigenvalue weighted by atomic mass is 32.1. The molecule has 0 saturated heterocycles. The van der Waals surface area contributed by atoms with Crippen molar-refractivity contribution in [3.63, 3.8) is 0 Å². The van der Waals surface area contributed by atoms with Crippen LogP contribution in [0.3, 0.4) is 0 Å². The first kappa shape index (κ1) is 17.1. The molecule has 0 spiro atoms. The second-order valence-electron chi connectivity index (χ2n) is 4.84. The van der Waals surface area contributed by atoms with Gasteiger partial charge >= 0.3 is 5.97 Å². The summed E-state index contributed by atoms with van der Waals surface area (Å²) in [7, 11) is 1.51. The number of anilines is 1. The van der Waals surface area contributed by atoms with E-state index in [0.717, 1.165) is 9.88 Å². The average molecular weight is 374 g/mol. The van der Waals surface area contributed by atoms with Crippen LogP contribution in [0.2, 0.25) is 0 Å². The van der Waals surface area contributed by atoms with E-state index in [4.69, 9.17) is 9.47 Å². The highest BCUT2D eigenvalue weighted by Crippen LogP contribution is 2.28. The molecule has 0 aliphatic rings. The zero-order chi connectivity index (χ0) is 17.6. The van der Waals surface area contributed by atoms with Crippen molar-refractivity contribution in [1.29, 1.82) is 0 Å². The molecule has 0 atom stereocenters. The molecule has 0 aliphatic carbocycles. The monoisotopic (exact) mass is 374 g/mol. The topological polar surface area (TPSA) is 77.5 Å². The molecule has 0 fully saturated rings. The standard InChI is InChI=1S/C17H14N2O4S2/c1-22-13-6-3-2-5-11(13)18-15(20)9-23-17(21)12-10-25-16(19-12)14-7-4-8-24-14/h2-8,10H,9H2,1H3,(H,18,20). The zero-order valence-corrected chi connectivity index (χ0v) is 14.9. The number of benzene rings is 1. The zero-order valence-electron chi connectivity index (χ0n) is 13.2. The Morgan fingerprint density at radius 2 is 2.00 bits per heavy atom. The summed E-state index contributed by atoms with van der Waals surface area (Å²) >= 11 is 2.90. The summed E-state index contributed by atoms with van der Waals surface area (Å²) in [6, 6.07) is 10.8. The minimum atomic E-state index is -0.630. The molecule has 3 aromatic rings. The maximum atomic E-state index is 12.0. The fraction of sp³-hybridized carbons (Fsp3) is 0.118. The fourth-order valence-corrected chi connectivity index (χ4v) is 3.62. The van der Waals surface area contributed by atoms with E-state index in [2.05, 4.69) is 10.3 Å². The number of ether oxygens (including phenoxy) is 2. The first-order valence-corrected chi connectivity index (χ1v) is 9.02. The van der Waals surface area contributed by atoms with Crippen molar-refractivity contribution < 1.29 is 19.1 Å². The summed E-state index contributed by atoms with van der Waals surface area (Å²) in [4.78, 5) is 29.2. The van der Waals surface area contributed by atoms with E-state index in [0.29, 0.717) is 11.4 Å². The van der Waals surface area contributed by atoms with Crippen LogP contribution >= 0.6 is 22.7 Å². The molecule has 2 aromatic heterocycles. The molecule has 6 nitrogen and oxygen atoms in total. The van der Waals surface area contributed by atoms with Crippen LogP contribution in [0.5, 0.6) is 5.75 Å². The van der Waals surface area contributed by atoms with Crippen LogP contribution in [0.4, 0.5) is 5.69 Å². The Kier molecular flexibility index (Phi) is 5.42. The van der Waals surface area contributed by atoms with Crippen molar-refractivity contribution in [3.05, 3.63) is 52.9 Å². The van der Waals surface area contributed by atoms with Gasteiger partial charge in [-0.3, -0.25) is 4.79 Å². The Labute approximate surface area is 152 Å². The molecule has 1 amide bonds. The number of para-hydroxylation sites is 2. The van der Waals surface area contributed by atoms with Crippen LogP contribution in [0, 0.1) is 0 Å². The van der Waals surface area contributed by atoms with Gasteiger partial charge in [-0.05, 0) is 23.6 Å². The maximum absolute atomic E-state index is 12.0. The number of esters is 1. The van der Waals surface area contributed by atoms with Gasteiger partial charge in [0.15, 0.2) is 12.3 Å². The van der Waals surface area contributed by atoms with Gasteiger partial charge in [0.1, 0.15) is 10.8 Å². The lowest BCUT2D eigenvalue weighted by molar-refractivity contribution is -0.119. The Balaban J connectivity index is 1.56. The molecule has 0 aliphatic heterocycles. The van der Waals surface area contributed by atoms with E-state index in [1.807, 2.05) is 17.5 Å². The van der Waals surface area contributed by atoms with Crippen molar-refractivity contribution in [3.8, 4) is 15.6 Å². The van der Waals surface area contributed by atoms with Gasteiger partial charge < -0.3 is 14.8 Å². The van der Waals surface area contributed by atoms with Gasteiger partial charge in [0, 0.05) is 5.38 Å². The number of nitrogens with one attached hydrogen (secondary N) is 1. The number of amides is 1. The summed E-state index contributed by atoms with van der Waals surface area (Å²) in [6.45, 7) is -0.400. The molecular weight excluding hydrogens is 360 g/mol. The van der Waals surface area contributed by atoms with Gasteiger partial charge in [-0.2, -0.15) is 0 Å². The Morgan fingerprint density at radius 3 is 2.76 bits per heavy atom. The summed E-state index contributed by atoms with van der Waals surface area (Å²) in [5.74, 6) is -0.553. The number of rotatable bonds is 6. The van der Waals surface area contributed by atoms with Gasteiger partial charge in [-0.25, -0.2) is 9.78 Å². The van der Waals surface area contributed by atoms with Gasteiger partial charge in [-0.1, -0.05) is 18.2 Å². The average Bonchev–Trinajstić information content (AvgIpc) is 3.31. The Bertz CT molecular complexity index is 874. The van der Waals surface area contributed by atoms with E-state index >= 15 is 0 Å². The fourth-order valence-electron chi connectivity index (χ4n) is 2.02. The smallest absolute Gasteiger partial charge is 0.358 e. The minimum absolute atomic E-state index is 0.193. The van der Waals surface area contributed by atoms with Gasteiger partial charge in [0.2, 0.25) is 0 Å². The van der Waals surface area contributed by atoms with E-state index in [9.17, 15) is 9.59 Å². The van der Waals surface area contributed by atoms with E-state index in [1.165, 1.54) is 18.4 Å². The third-order valence-corrected chi connectivity index (χ3v) is 5.04. The van der Waals surface area contributed by atoms with Crippen molar-refractivity contribution in [1.82, 2.24) is 4.98 Å². The lowest BCUT2D eigenvalue weighted by Crippen LogP contribution is -2.21. The molecule has 1 aromatic carbocycles. The van der Waals surface area contributed by atoms with Crippen LogP contribution in [-0.2, 0) is 9.53 Å². The molecule has 25 heavy (non-hydrogen) atoms. The number of carbonyl (C=O) groups is 2. The number of hydrogen-bond acceptors (Lipinski definition) is 7. The molecule has 0 unspecified atom stereocenters. The number of carbonyl (C=O) groups excluding carboxylic acids is 2. The second kappa shape index (κ2) is 7.91.